The molecule has 0 radical (unpaired) electrons. The van der Waals surface area contributed by atoms with Crippen LogP contribution in [0.4, 0.5) is 0 Å². The standard InChI is InChI=1S/C11H14ClNS.ClH/c12-9-1-3-10(4-2-9)14-11-5-7-13-8-6-11;/h1-4,11,13H,5-8H2;1H. The van der Waals surface area contributed by atoms with Crippen molar-refractivity contribution in [2.24, 2.45) is 0 Å². The summed E-state index contributed by atoms with van der Waals surface area (Å²) < 4.78 is 0. The molecule has 0 atom stereocenters. The zero-order valence-corrected chi connectivity index (χ0v) is 10.8. The summed E-state index contributed by atoms with van der Waals surface area (Å²) in [6.07, 6.45) is 2.54. The Kier molecular flexibility index (Phi) is 5.83. The lowest BCUT2D eigenvalue weighted by molar-refractivity contribution is 0.531. The first kappa shape index (κ1) is 13.2. The Morgan fingerprint density at radius 1 is 1.13 bits per heavy atom. The number of rotatable bonds is 2. The second kappa shape index (κ2) is 6.64. The van der Waals surface area contributed by atoms with E-state index in [9.17, 15) is 0 Å². The van der Waals surface area contributed by atoms with Gasteiger partial charge in [-0.2, -0.15) is 0 Å². The van der Waals surface area contributed by atoms with Gasteiger partial charge in [0, 0.05) is 15.2 Å². The molecule has 1 fully saturated rings. The monoisotopic (exact) mass is 263 g/mol. The van der Waals surface area contributed by atoms with Crippen LogP contribution in [0.2, 0.25) is 5.02 Å². The van der Waals surface area contributed by atoms with E-state index in [1.165, 1.54) is 17.7 Å². The minimum atomic E-state index is 0. The molecule has 1 aliphatic heterocycles. The molecule has 1 nitrogen and oxygen atoms in total. The van der Waals surface area contributed by atoms with Crippen LogP contribution in [-0.2, 0) is 0 Å². The van der Waals surface area contributed by atoms with Crippen LogP contribution in [0, 0.1) is 0 Å². The van der Waals surface area contributed by atoms with Gasteiger partial charge in [-0.1, -0.05) is 11.6 Å². The van der Waals surface area contributed by atoms with Crippen molar-refractivity contribution < 1.29 is 0 Å². The average molecular weight is 264 g/mol. The third kappa shape index (κ3) is 4.23. The van der Waals surface area contributed by atoms with Gasteiger partial charge < -0.3 is 5.32 Å². The third-order valence-electron chi connectivity index (χ3n) is 2.40. The fraction of sp³-hybridized carbons (Fsp3) is 0.455. The first-order valence-electron chi connectivity index (χ1n) is 4.97. The van der Waals surface area contributed by atoms with E-state index in [1.807, 2.05) is 23.9 Å². The smallest absolute Gasteiger partial charge is 0.0406 e. The van der Waals surface area contributed by atoms with Gasteiger partial charge >= 0.3 is 0 Å². The summed E-state index contributed by atoms with van der Waals surface area (Å²) in [6.45, 7) is 2.32. The Labute approximate surface area is 106 Å². The highest BCUT2D eigenvalue weighted by Gasteiger charge is 2.13. The number of hydrogen-bond acceptors (Lipinski definition) is 2. The molecule has 0 aromatic heterocycles. The number of thioether (sulfide) groups is 1. The molecule has 84 valence electrons. The van der Waals surface area contributed by atoms with Gasteiger partial charge in [0.05, 0.1) is 0 Å². The SMILES string of the molecule is Cl.Clc1ccc(SC2CCNCC2)cc1. The molecule has 0 bridgehead atoms. The van der Waals surface area contributed by atoms with Crippen LogP contribution in [0.25, 0.3) is 0 Å². The van der Waals surface area contributed by atoms with Gasteiger partial charge in [0.25, 0.3) is 0 Å². The van der Waals surface area contributed by atoms with Crippen molar-refractivity contribution in [1.29, 1.82) is 0 Å². The molecule has 0 spiro atoms. The summed E-state index contributed by atoms with van der Waals surface area (Å²) in [6, 6.07) is 8.14. The normalized spacial score (nSPS) is 17.1. The minimum Gasteiger partial charge on any atom is -0.317 e. The van der Waals surface area contributed by atoms with Crippen LogP contribution in [0.3, 0.4) is 0 Å². The molecule has 0 unspecified atom stereocenters. The minimum absolute atomic E-state index is 0. The van der Waals surface area contributed by atoms with Gasteiger partial charge in [0.15, 0.2) is 0 Å². The lowest BCUT2D eigenvalue weighted by Gasteiger charge is -2.21. The van der Waals surface area contributed by atoms with Gasteiger partial charge in [-0.05, 0) is 50.2 Å². The van der Waals surface area contributed by atoms with E-state index < -0.39 is 0 Å². The molecule has 0 aliphatic carbocycles. The zero-order chi connectivity index (χ0) is 9.80. The van der Waals surface area contributed by atoms with E-state index >= 15 is 0 Å². The first-order valence-corrected chi connectivity index (χ1v) is 6.23. The predicted molar refractivity (Wildman–Crippen MR) is 70.4 cm³/mol. The number of halogens is 2. The van der Waals surface area contributed by atoms with E-state index in [1.54, 1.807) is 0 Å². The summed E-state index contributed by atoms with van der Waals surface area (Å²) in [4.78, 5) is 1.33. The van der Waals surface area contributed by atoms with Crippen LogP contribution in [0.5, 0.6) is 0 Å². The van der Waals surface area contributed by atoms with Crippen LogP contribution in [0.15, 0.2) is 29.2 Å². The van der Waals surface area contributed by atoms with Gasteiger partial charge in [-0.25, -0.2) is 0 Å². The van der Waals surface area contributed by atoms with Crippen molar-refractivity contribution >= 4 is 35.8 Å². The fourth-order valence-electron chi connectivity index (χ4n) is 1.62. The molecule has 4 heteroatoms. The molecular formula is C11H15Cl2NS. The Morgan fingerprint density at radius 2 is 1.73 bits per heavy atom. The fourth-order valence-corrected chi connectivity index (χ4v) is 2.89. The highest BCUT2D eigenvalue weighted by Crippen LogP contribution is 2.29. The van der Waals surface area contributed by atoms with Crippen molar-refractivity contribution in [2.75, 3.05) is 13.1 Å². The molecule has 1 aromatic carbocycles. The molecule has 0 saturated carbocycles. The van der Waals surface area contributed by atoms with Gasteiger partial charge in [0.1, 0.15) is 0 Å². The van der Waals surface area contributed by atoms with Gasteiger partial charge in [0.2, 0.25) is 0 Å². The number of piperidine rings is 1. The van der Waals surface area contributed by atoms with Crippen molar-refractivity contribution in [3.05, 3.63) is 29.3 Å². The lowest BCUT2D eigenvalue weighted by Crippen LogP contribution is -2.29. The van der Waals surface area contributed by atoms with E-state index in [4.69, 9.17) is 11.6 Å². The van der Waals surface area contributed by atoms with Crippen molar-refractivity contribution in [3.8, 4) is 0 Å². The first-order chi connectivity index (χ1) is 6.84. The molecule has 1 N–H and O–H groups in total. The topological polar surface area (TPSA) is 12.0 Å². The second-order valence-corrected chi connectivity index (χ2v) is 5.33. The average Bonchev–Trinajstić information content (AvgIpc) is 2.23. The van der Waals surface area contributed by atoms with Crippen molar-refractivity contribution in [1.82, 2.24) is 5.32 Å². The number of hydrogen-bond donors (Lipinski definition) is 1. The van der Waals surface area contributed by atoms with Crippen molar-refractivity contribution in [3.63, 3.8) is 0 Å². The Balaban J connectivity index is 0.00000112. The molecule has 1 aliphatic rings. The Bertz CT molecular complexity index is 283. The molecule has 0 amide bonds. The van der Waals surface area contributed by atoms with Gasteiger partial charge in [-0.15, -0.1) is 24.2 Å². The van der Waals surface area contributed by atoms with Crippen LogP contribution in [0.1, 0.15) is 12.8 Å². The van der Waals surface area contributed by atoms with E-state index in [2.05, 4.69) is 17.4 Å². The summed E-state index contributed by atoms with van der Waals surface area (Å²) >= 11 is 7.81. The van der Waals surface area contributed by atoms with E-state index in [0.717, 1.165) is 23.4 Å². The predicted octanol–water partition coefficient (Wildman–Crippen LogP) is 3.61. The van der Waals surface area contributed by atoms with Crippen molar-refractivity contribution in [2.45, 2.75) is 23.0 Å². The molecule has 1 saturated heterocycles. The largest absolute Gasteiger partial charge is 0.317 e. The molecule has 15 heavy (non-hydrogen) atoms. The second-order valence-electron chi connectivity index (χ2n) is 3.52. The highest BCUT2D eigenvalue weighted by atomic mass is 35.5. The van der Waals surface area contributed by atoms with Crippen LogP contribution in [-0.4, -0.2) is 18.3 Å². The van der Waals surface area contributed by atoms with Crippen LogP contribution >= 0.6 is 35.8 Å². The zero-order valence-electron chi connectivity index (χ0n) is 8.41. The molecule has 2 rings (SSSR count). The molecule has 1 aromatic rings. The lowest BCUT2D eigenvalue weighted by atomic mass is 10.2. The number of nitrogens with one attached hydrogen (secondary N) is 1. The van der Waals surface area contributed by atoms with E-state index in [0.29, 0.717) is 0 Å². The molecule has 1 heterocycles. The quantitative estimate of drug-likeness (QED) is 0.875. The summed E-state index contributed by atoms with van der Waals surface area (Å²) in [5.74, 6) is 0. The summed E-state index contributed by atoms with van der Waals surface area (Å²) in [7, 11) is 0. The Hall–Kier alpha value is 0.110. The highest BCUT2D eigenvalue weighted by molar-refractivity contribution is 8.00. The van der Waals surface area contributed by atoms with E-state index in [-0.39, 0.29) is 12.4 Å². The summed E-state index contributed by atoms with van der Waals surface area (Å²) in [5.41, 5.74) is 0. The maximum absolute atomic E-state index is 5.84. The maximum atomic E-state index is 5.84. The summed E-state index contributed by atoms with van der Waals surface area (Å²) in [5, 5.41) is 4.97. The van der Waals surface area contributed by atoms with Crippen LogP contribution < -0.4 is 5.32 Å². The Morgan fingerprint density at radius 3 is 2.33 bits per heavy atom. The molecular weight excluding hydrogens is 249 g/mol. The maximum Gasteiger partial charge on any atom is 0.0406 e. The number of benzene rings is 1. The van der Waals surface area contributed by atoms with Gasteiger partial charge in [-0.3, -0.25) is 0 Å². The third-order valence-corrected chi connectivity index (χ3v) is 4.00.